The van der Waals surface area contributed by atoms with Crippen LogP contribution in [0.1, 0.15) is 98.3 Å². The van der Waals surface area contributed by atoms with E-state index in [1.807, 2.05) is 0 Å². The van der Waals surface area contributed by atoms with E-state index in [1.54, 1.807) is 5.57 Å². The molecule has 0 aliphatic heterocycles. The molecule has 4 rings (SSSR count). The van der Waals surface area contributed by atoms with E-state index < -0.39 is 0 Å². The lowest BCUT2D eigenvalue weighted by Crippen LogP contribution is -2.48. The smallest absolute Gasteiger partial charge is 0.0761 e. The van der Waals surface area contributed by atoms with Gasteiger partial charge in [0.15, 0.2) is 0 Å². The summed E-state index contributed by atoms with van der Waals surface area (Å²) in [4.78, 5) is 0. The minimum absolute atomic E-state index is 0.0954. The second kappa shape index (κ2) is 8.52. The molecule has 0 saturated heterocycles. The topological polar surface area (TPSA) is 60.7 Å². The van der Waals surface area contributed by atoms with E-state index >= 15 is 0 Å². The predicted octanol–water partition coefficient (Wildman–Crippen LogP) is 5.48. The Morgan fingerprint density at radius 3 is 2.50 bits per heavy atom. The first-order chi connectivity index (χ1) is 14.2. The summed E-state index contributed by atoms with van der Waals surface area (Å²) in [7, 11) is 0. The van der Waals surface area contributed by atoms with Crippen molar-refractivity contribution in [1.82, 2.24) is 0 Å². The van der Waals surface area contributed by atoms with E-state index in [1.165, 1.54) is 37.7 Å². The van der Waals surface area contributed by atoms with Crippen molar-refractivity contribution >= 4 is 0 Å². The molecule has 4 aliphatic carbocycles. The Labute approximate surface area is 184 Å². The highest BCUT2D eigenvalue weighted by Gasteiger charge is 2.57. The Kier molecular flexibility index (Phi) is 6.48. The van der Waals surface area contributed by atoms with Crippen molar-refractivity contribution < 1.29 is 15.3 Å². The van der Waals surface area contributed by atoms with Gasteiger partial charge in [0, 0.05) is 6.61 Å². The third kappa shape index (κ3) is 3.71. The van der Waals surface area contributed by atoms with Crippen molar-refractivity contribution in [3.8, 4) is 0 Å². The molecule has 3 N–H and O–H groups in total. The lowest BCUT2D eigenvalue weighted by molar-refractivity contribution is -0.0386. The quantitative estimate of drug-likeness (QED) is 0.501. The van der Waals surface area contributed by atoms with Gasteiger partial charge in [0.1, 0.15) is 0 Å². The van der Waals surface area contributed by atoms with E-state index in [0.717, 1.165) is 38.5 Å². The third-order valence-corrected chi connectivity index (χ3v) is 10.4. The van der Waals surface area contributed by atoms with E-state index in [9.17, 15) is 15.3 Å². The van der Waals surface area contributed by atoms with Gasteiger partial charge in [-0.15, -0.1) is 0 Å². The Hall–Kier alpha value is -0.380. The fourth-order valence-corrected chi connectivity index (χ4v) is 8.52. The first-order valence-corrected chi connectivity index (χ1v) is 12.9. The number of allylic oxidation sites excluding steroid dienone is 1. The van der Waals surface area contributed by atoms with Crippen molar-refractivity contribution in [3.05, 3.63) is 11.1 Å². The summed E-state index contributed by atoms with van der Waals surface area (Å²) >= 11 is 0. The van der Waals surface area contributed by atoms with E-state index in [0.29, 0.717) is 41.6 Å². The lowest BCUT2D eigenvalue weighted by Gasteiger charge is -2.56. The molecule has 0 amide bonds. The van der Waals surface area contributed by atoms with Gasteiger partial charge in [-0.2, -0.15) is 0 Å². The first-order valence-electron chi connectivity index (χ1n) is 12.9. The van der Waals surface area contributed by atoms with Crippen molar-refractivity contribution in [1.29, 1.82) is 0 Å². The summed E-state index contributed by atoms with van der Waals surface area (Å²) < 4.78 is 0. The maximum Gasteiger partial charge on any atom is 0.0761 e. The Balaban J connectivity index is 1.55. The zero-order chi connectivity index (χ0) is 21.7. The van der Waals surface area contributed by atoms with Crippen LogP contribution in [0.15, 0.2) is 11.1 Å². The van der Waals surface area contributed by atoms with Crippen molar-refractivity contribution in [2.45, 2.75) is 111 Å². The minimum Gasteiger partial charge on any atom is -0.396 e. The second-order valence-electron chi connectivity index (χ2n) is 12.2. The van der Waals surface area contributed by atoms with Gasteiger partial charge in [0.2, 0.25) is 0 Å². The van der Waals surface area contributed by atoms with E-state index in [4.69, 9.17) is 0 Å². The van der Waals surface area contributed by atoms with Crippen molar-refractivity contribution in [2.75, 3.05) is 6.61 Å². The van der Waals surface area contributed by atoms with Gasteiger partial charge in [0.05, 0.1) is 12.2 Å². The van der Waals surface area contributed by atoms with Gasteiger partial charge >= 0.3 is 0 Å². The first kappa shape index (κ1) is 22.8. The van der Waals surface area contributed by atoms with Gasteiger partial charge in [-0.05, 0) is 104 Å². The van der Waals surface area contributed by atoms with Crippen LogP contribution in [0.4, 0.5) is 0 Å². The molecule has 3 saturated carbocycles. The van der Waals surface area contributed by atoms with Crippen LogP contribution < -0.4 is 0 Å². The molecule has 172 valence electrons. The highest BCUT2D eigenvalue weighted by molar-refractivity contribution is 5.37. The molecule has 1 unspecified atom stereocenters. The number of hydrogen-bond acceptors (Lipinski definition) is 3. The number of hydrogen-bond donors (Lipinski definition) is 3. The van der Waals surface area contributed by atoms with Crippen LogP contribution in [-0.2, 0) is 0 Å². The summed E-state index contributed by atoms with van der Waals surface area (Å²) in [6.07, 6.45) is 12.0. The molecule has 0 heterocycles. The van der Waals surface area contributed by atoms with Crippen molar-refractivity contribution in [3.63, 3.8) is 0 Å². The van der Waals surface area contributed by atoms with Crippen LogP contribution in [0.2, 0.25) is 0 Å². The van der Waals surface area contributed by atoms with E-state index in [2.05, 4.69) is 27.7 Å². The molecular formula is C27H46O3. The number of aliphatic hydroxyl groups is 3. The summed E-state index contributed by atoms with van der Waals surface area (Å²) in [5, 5.41) is 30.8. The van der Waals surface area contributed by atoms with Gasteiger partial charge in [-0.3, -0.25) is 0 Å². The Bertz CT molecular complexity index is 656. The monoisotopic (exact) mass is 418 g/mol. The molecule has 0 aromatic rings. The summed E-state index contributed by atoms with van der Waals surface area (Å²) in [5.74, 6) is 2.89. The fraction of sp³-hybridized carbons (Fsp3) is 0.926. The Morgan fingerprint density at radius 1 is 1.00 bits per heavy atom. The average Bonchev–Trinajstić information content (AvgIpc) is 2.99. The molecule has 4 aliphatic rings. The normalized spacial score (nSPS) is 45.5. The molecule has 3 nitrogen and oxygen atoms in total. The molecule has 30 heavy (non-hydrogen) atoms. The third-order valence-electron chi connectivity index (χ3n) is 10.4. The van der Waals surface area contributed by atoms with E-state index in [-0.39, 0.29) is 17.6 Å². The Morgan fingerprint density at radius 2 is 1.77 bits per heavy atom. The zero-order valence-corrected chi connectivity index (χ0v) is 19.9. The molecule has 3 heteroatoms. The maximum absolute atomic E-state index is 11.3. The van der Waals surface area contributed by atoms with Gasteiger partial charge in [-0.1, -0.05) is 46.1 Å². The standard InChI is InChI=1S/C27H46O3/c1-17(16-28)6-5-7-18(2)23-15-24(30)25-21-9-8-19-14-20(29)10-12-26(19,3)22(21)11-13-27(23,25)4/h17-20,22-24,28-30H,5-16H2,1-4H3/t17?,18-,19+,20+,22+,23-,24-,26+,27-/m1/s1. The highest BCUT2D eigenvalue weighted by atomic mass is 16.3. The fourth-order valence-electron chi connectivity index (χ4n) is 8.52. The molecular weight excluding hydrogens is 372 g/mol. The largest absolute Gasteiger partial charge is 0.396 e. The highest BCUT2D eigenvalue weighted by Crippen LogP contribution is 2.65. The number of aliphatic hydroxyl groups excluding tert-OH is 3. The summed E-state index contributed by atoms with van der Waals surface area (Å²) in [6, 6.07) is 0. The molecule has 0 radical (unpaired) electrons. The van der Waals surface area contributed by atoms with Crippen LogP contribution >= 0.6 is 0 Å². The predicted molar refractivity (Wildman–Crippen MR) is 122 cm³/mol. The SMILES string of the molecule is CC(CO)CCC[C@@H](C)[C@H]1C[C@@H](O)C2=C3CC[C@H]4C[C@@H](O)CC[C@]4(C)[C@H]3CC[C@@]21C. The number of rotatable bonds is 6. The molecule has 0 spiro atoms. The molecule has 9 atom stereocenters. The average molecular weight is 419 g/mol. The van der Waals surface area contributed by atoms with Crippen LogP contribution in [-0.4, -0.2) is 34.1 Å². The summed E-state index contributed by atoms with van der Waals surface area (Å²) in [5.41, 5.74) is 3.58. The van der Waals surface area contributed by atoms with Gasteiger partial charge in [0.25, 0.3) is 0 Å². The second-order valence-corrected chi connectivity index (χ2v) is 12.2. The number of fused-ring (bicyclic) bond motifs is 4. The zero-order valence-electron chi connectivity index (χ0n) is 19.9. The molecule has 0 bridgehead atoms. The van der Waals surface area contributed by atoms with Crippen LogP contribution in [0, 0.1) is 40.4 Å². The molecule has 0 aromatic carbocycles. The minimum atomic E-state index is -0.244. The molecule has 3 fully saturated rings. The molecule has 0 aromatic heterocycles. The van der Waals surface area contributed by atoms with Gasteiger partial charge < -0.3 is 15.3 Å². The summed E-state index contributed by atoms with van der Waals surface area (Å²) in [6.45, 7) is 9.81. The van der Waals surface area contributed by atoms with Crippen LogP contribution in [0.5, 0.6) is 0 Å². The van der Waals surface area contributed by atoms with Crippen LogP contribution in [0.25, 0.3) is 0 Å². The van der Waals surface area contributed by atoms with Crippen LogP contribution in [0.3, 0.4) is 0 Å². The lowest BCUT2D eigenvalue weighted by atomic mass is 9.48. The van der Waals surface area contributed by atoms with Crippen molar-refractivity contribution in [2.24, 2.45) is 40.4 Å². The van der Waals surface area contributed by atoms with Gasteiger partial charge in [-0.25, -0.2) is 0 Å². The maximum atomic E-state index is 11.3.